The molecular weight excluding hydrogens is 363 g/mol. The lowest BCUT2D eigenvalue weighted by Crippen LogP contribution is -2.15. The first kappa shape index (κ1) is 17.2. The second-order valence-electron chi connectivity index (χ2n) is 5.15. The molecule has 1 aliphatic heterocycles. The molecule has 0 bridgehead atoms. The van der Waals surface area contributed by atoms with Gasteiger partial charge in [0.1, 0.15) is 24.9 Å². The predicted molar refractivity (Wildman–Crippen MR) is 96.1 cm³/mol. The van der Waals surface area contributed by atoms with Crippen LogP contribution in [0.5, 0.6) is 11.5 Å². The largest absolute Gasteiger partial charge is 0.486 e. The Morgan fingerprint density at radius 1 is 1.12 bits per heavy atom. The topological polar surface area (TPSA) is 71.3 Å². The predicted octanol–water partition coefficient (Wildman–Crippen LogP) is 4.31. The quantitative estimate of drug-likeness (QED) is 0.641. The van der Waals surface area contributed by atoms with Crippen molar-refractivity contribution in [2.75, 3.05) is 18.5 Å². The minimum absolute atomic E-state index is 0.0762. The lowest BCUT2D eigenvalue weighted by Gasteiger charge is -2.18. The second-order valence-corrected chi connectivity index (χ2v) is 5.99. The van der Waals surface area contributed by atoms with Crippen molar-refractivity contribution in [2.45, 2.75) is 0 Å². The van der Waals surface area contributed by atoms with Crippen LogP contribution in [-0.2, 0) is 4.79 Å². The number of halogens is 2. The number of hydrogen-bond acceptors (Lipinski definition) is 4. The van der Waals surface area contributed by atoms with Gasteiger partial charge in [0.2, 0.25) is 0 Å². The van der Waals surface area contributed by atoms with Crippen molar-refractivity contribution in [1.82, 2.24) is 0 Å². The summed E-state index contributed by atoms with van der Waals surface area (Å²) in [5, 5.41) is 12.6. The Morgan fingerprint density at radius 2 is 1.88 bits per heavy atom. The molecule has 25 heavy (non-hydrogen) atoms. The second kappa shape index (κ2) is 7.47. The molecule has 0 saturated heterocycles. The van der Waals surface area contributed by atoms with Crippen molar-refractivity contribution >= 4 is 40.9 Å². The molecule has 0 saturated carbocycles. The van der Waals surface area contributed by atoms with Crippen LogP contribution in [0.1, 0.15) is 5.56 Å². The van der Waals surface area contributed by atoms with Gasteiger partial charge >= 0.3 is 0 Å². The standard InChI is InChI=1S/C18H12Cl2N2O3/c19-13-2-3-14(20)15(9-13)22-18(23)12(10-21)7-11-1-4-16-17(8-11)25-6-5-24-16/h1-4,7-9H,5-6H2,(H,22,23)/b12-7-. The van der Waals surface area contributed by atoms with E-state index in [2.05, 4.69) is 5.32 Å². The van der Waals surface area contributed by atoms with Gasteiger partial charge in [-0.25, -0.2) is 0 Å². The maximum absolute atomic E-state index is 12.3. The van der Waals surface area contributed by atoms with Crippen LogP contribution in [0, 0.1) is 11.3 Å². The Hall–Kier alpha value is -2.68. The summed E-state index contributed by atoms with van der Waals surface area (Å²) < 4.78 is 10.9. The molecule has 0 fully saturated rings. The summed E-state index contributed by atoms with van der Waals surface area (Å²) in [6, 6.07) is 11.8. The zero-order valence-electron chi connectivity index (χ0n) is 12.9. The fourth-order valence-corrected chi connectivity index (χ4v) is 2.58. The summed E-state index contributed by atoms with van der Waals surface area (Å²) >= 11 is 11.9. The van der Waals surface area contributed by atoms with Crippen molar-refractivity contribution < 1.29 is 14.3 Å². The van der Waals surface area contributed by atoms with Crippen molar-refractivity contribution in [3.05, 3.63) is 57.6 Å². The summed E-state index contributed by atoms with van der Waals surface area (Å²) in [4.78, 5) is 12.3. The lowest BCUT2D eigenvalue weighted by atomic mass is 10.1. The fraction of sp³-hybridized carbons (Fsp3) is 0.111. The number of benzene rings is 2. The smallest absolute Gasteiger partial charge is 0.266 e. The molecule has 2 aromatic rings. The van der Waals surface area contributed by atoms with E-state index in [1.807, 2.05) is 6.07 Å². The molecule has 126 valence electrons. The minimum atomic E-state index is -0.582. The SMILES string of the molecule is N#C/C(=C/c1ccc2c(c1)OCCO2)C(=O)Nc1cc(Cl)ccc1Cl. The summed E-state index contributed by atoms with van der Waals surface area (Å²) in [6.07, 6.45) is 1.46. The van der Waals surface area contributed by atoms with Crippen LogP contribution >= 0.6 is 23.2 Å². The highest BCUT2D eigenvalue weighted by Gasteiger charge is 2.14. The van der Waals surface area contributed by atoms with Crippen LogP contribution in [0.25, 0.3) is 6.08 Å². The average Bonchev–Trinajstić information content (AvgIpc) is 2.62. The third-order valence-electron chi connectivity index (χ3n) is 3.42. The van der Waals surface area contributed by atoms with Gasteiger partial charge in [-0.15, -0.1) is 0 Å². The highest BCUT2D eigenvalue weighted by molar-refractivity contribution is 6.36. The molecule has 5 nitrogen and oxygen atoms in total. The molecule has 0 aromatic heterocycles. The maximum Gasteiger partial charge on any atom is 0.266 e. The summed E-state index contributed by atoms with van der Waals surface area (Å²) in [7, 11) is 0. The van der Waals surface area contributed by atoms with Crippen molar-refractivity contribution in [3.8, 4) is 17.6 Å². The fourth-order valence-electron chi connectivity index (χ4n) is 2.25. The monoisotopic (exact) mass is 374 g/mol. The zero-order valence-corrected chi connectivity index (χ0v) is 14.4. The van der Waals surface area contributed by atoms with Crippen molar-refractivity contribution in [1.29, 1.82) is 5.26 Å². The van der Waals surface area contributed by atoms with Crippen LogP contribution in [0.2, 0.25) is 10.0 Å². The number of ether oxygens (including phenoxy) is 2. The Bertz CT molecular complexity index is 904. The van der Waals surface area contributed by atoms with E-state index in [9.17, 15) is 10.1 Å². The Kier molecular flexibility index (Phi) is 5.13. The van der Waals surface area contributed by atoms with Gasteiger partial charge < -0.3 is 14.8 Å². The van der Waals surface area contributed by atoms with E-state index in [4.69, 9.17) is 32.7 Å². The number of fused-ring (bicyclic) bond motifs is 1. The molecule has 1 aliphatic rings. The van der Waals surface area contributed by atoms with E-state index in [0.29, 0.717) is 46.0 Å². The third-order valence-corrected chi connectivity index (χ3v) is 3.98. The zero-order chi connectivity index (χ0) is 17.8. The van der Waals surface area contributed by atoms with Crippen molar-refractivity contribution in [2.24, 2.45) is 0 Å². The Morgan fingerprint density at radius 3 is 2.64 bits per heavy atom. The highest BCUT2D eigenvalue weighted by atomic mass is 35.5. The van der Waals surface area contributed by atoms with E-state index < -0.39 is 5.91 Å². The van der Waals surface area contributed by atoms with E-state index in [1.165, 1.54) is 12.1 Å². The number of hydrogen-bond donors (Lipinski definition) is 1. The normalized spacial score (nSPS) is 13.1. The van der Waals surface area contributed by atoms with Gasteiger partial charge in [-0.2, -0.15) is 5.26 Å². The van der Waals surface area contributed by atoms with Gasteiger partial charge in [-0.1, -0.05) is 29.3 Å². The van der Waals surface area contributed by atoms with Crippen LogP contribution in [0.4, 0.5) is 5.69 Å². The Labute approximate surface area is 154 Å². The summed E-state index contributed by atoms with van der Waals surface area (Å²) in [5.74, 6) is 0.634. The molecular formula is C18H12Cl2N2O3. The van der Waals surface area contributed by atoms with Gasteiger partial charge in [0.15, 0.2) is 11.5 Å². The van der Waals surface area contributed by atoms with Gasteiger partial charge in [0.05, 0.1) is 10.7 Å². The Balaban J connectivity index is 1.84. The third kappa shape index (κ3) is 4.05. The number of carbonyl (C=O) groups excluding carboxylic acids is 1. The van der Waals surface area contributed by atoms with Crippen LogP contribution < -0.4 is 14.8 Å². The maximum atomic E-state index is 12.3. The number of rotatable bonds is 3. The summed E-state index contributed by atoms with van der Waals surface area (Å²) in [5.41, 5.74) is 0.906. The molecule has 0 spiro atoms. The summed E-state index contributed by atoms with van der Waals surface area (Å²) in [6.45, 7) is 0.952. The number of anilines is 1. The lowest BCUT2D eigenvalue weighted by molar-refractivity contribution is -0.112. The molecule has 0 unspecified atom stereocenters. The number of nitrogens with zero attached hydrogens (tertiary/aromatic N) is 1. The molecule has 0 atom stereocenters. The van der Waals surface area contributed by atoms with Crippen LogP contribution in [0.3, 0.4) is 0 Å². The molecule has 1 amide bonds. The first-order valence-corrected chi connectivity index (χ1v) is 8.10. The number of amides is 1. The van der Waals surface area contributed by atoms with Crippen molar-refractivity contribution in [3.63, 3.8) is 0 Å². The van der Waals surface area contributed by atoms with Crippen LogP contribution in [0.15, 0.2) is 42.0 Å². The van der Waals surface area contributed by atoms with Gasteiger partial charge in [0.25, 0.3) is 5.91 Å². The molecule has 1 N–H and O–H groups in total. The van der Waals surface area contributed by atoms with Gasteiger partial charge in [-0.3, -0.25) is 4.79 Å². The molecule has 0 aliphatic carbocycles. The minimum Gasteiger partial charge on any atom is -0.486 e. The van der Waals surface area contributed by atoms with Crippen LogP contribution in [-0.4, -0.2) is 19.1 Å². The van der Waals surface area contributed by atoms with Gasteiger partial charge in [-0.05, 0) is 42.0 Å². The molecule has 1 heterocycles. The molecule has 3 rings (SSSR count). The van der Waals surface area contributed by atoms with E-state index in [1.54, 1.807) is 30.3 Å². The number of nitriles is 1. The average molecular weight is 375 g/mol. The first-order valence-electron chi connectivity index (χ1n) is 7.34. The number of carbonyl (C=O) groups is 1. The highest BCUT2D eigenvalue weighted by Crippen LogP contribution is 2.31. The van der Waals surface area contributed by atoms with Gasteiger partial charge in [0, 0.05) is 5.02 Å². The molecule has 2 aromatic carbocycles. The van der Waals surface area contributed by atoms with E-state index in [0.717, 1.165) is 0 Å². The number of nitrogens with one attached hydrogen (secondary N) is 1. The van der Waals surface area contributed by atoms with E-state index in [-0.39, 0.29) is 5.57 Å². The first-order chi connectivity index (χ1) is 12.1. The van der Waals surface area contributed by atoms with E-state index >= 15 is 0 Å². The molecule has 0 radical (unpaired) electrons. The molecule has 7 heteroatoms.